The average Bonchev–Trinajstić information content (AvgIpc) is 3.10. The molecular formula is C16H16ClN3O3S. The maximum absolute atomic E-state index is 12.1. The van der Waals surface area contributed by atoms with Gasteiger partial charge < -0.3 is 10.2 Å². The molecule has 126 valence electrons. The summed E-state index contributed by atoms with van der Waals surface area (Å²) < 4.78 is 0. The SMILES string of the molecule is O=C(NC1CCN(c2ccc([N+](=O)[O-])cc2Cl)CC1)c1ccsc1. The average molecular weight is 366 g/mol. The second-order valence-corrected chi connectivity index (χ2v) is 6.83. The second kappa shape index (κ2) is 7.19. The minimum atomic E-state index is -0.456. The van der Waals surface area contributed by atoms with E-state index in [1.807, 2.05) is 16.8 Å². The number of thiophene rings is 1. The fourth-order valence-electron chi connectivity index (χ4n) is 2.79. The molecule has 1 aromatic heterocycles. The number of carbonyl (C=O) groups excluding carboxylic acids is 1. The van der Waals surface area contributed by atoms with Crippen LogP contribution in [0.15, 0.2) is 35.0 Å². The van der Waals surface area contributed by atoms with Crippen LogP contribution in [0.25, 0.3) is 0 Å². The molecule has 1 aliphatic heterocycles. The van der Waals surface area contributed by atoms with Gasteiger partial charge in [0.25, 0.3) is 11.6 Å². The van der Waals surface area contributed by atoms with Gasteiger partial charge in [-0.3, -0.25) is 14.9 Å². The Balaban J connectivity index is 1.59. The van der Waals surface area contributed by atoms with E-state index in [-0.39, 0.29) is 17.6 Å². The second-order valence-electron chi connectivity index (χ2n) is 5.64. The smallest absolute Gasteiger partial charge is 0.271 e. The maximum atomic E-state index is 12.1. The number of nitrogens with one attached hydrogen (secondary N) is 1. The standard InChI is InChI=1S/C16H16ClN3O3S/c17-14-9-13(20(22)23)1-2-15(14)19-6-3-12(4-7-19)18-16(21)11-5-8-24-10-11/h1-2,5,8-10,12H,3-4,6-7H2,(H,18,21). The summed E-state index contributed by atoms with van der Waals surface area (Å²) in [5.41, 5.74) is 1.48. The van der Waals surface area contributed by atoms with Crippen molar-refractivity contribution in [3.63, 3.8) is 0 Å². The predicted octanol–water partition coefficient (Wildman–Crippen LogP) is 3.71. The number of anilines is 1. The minimum absolute atomic E-state index is 0.0123. The van der Waals surface area contributed by atoms with Gasteiger partial charge in [-0.1, -0.05) is 11.6 Å². The lowest BCUT2D eigenvalue weighted by Gasteiger charge is -2.34. The van der Waals surface area contributed by atoms with Gasteiger partial charge in [-0.25, -0.2) is 0 Å². The van der Waals surface area contributed by atoms with Crippen LogP contribution in [0.3, 0.4) is 0 Å². The highest BCUT2D eigenvalue weighted by molar-refractivity contribution is 7.08. The Labute approximate surface area is 148 Å². The zero-order valence-corrected chi connectivity index (χ0v) is 14.3. The van der Waals surface area contributed by atoms with Crippen molar-refractivity contribution in [2.45, 2.75) is 18.9 Å². The van der Waals surface area contributed by atoms with Gasteiger partial charge in [0.15, 0.2) is 0 Å². The van der Waals surface area contributed by atoms with Crippen molar-refractivity contribution in [2.24, 2.45) is 0 Å². The zero-order valence-electron chi connectivity index (χ0n) is 12.8. The summed E-state index contributed by atoms with van der Waals surface area (Å²) in [4.78, 5) is 24.5. The molecule has 0 unspecified atom stereocenters. The molecule has 6 nitrogen and oxygen atoms in total. The first-order chi connectivity index (χ1) is 11.5. The molecule has 24 heavy (non-hydrogen) atoms. The number of halogens is 1. The van der Waals surface area contributed by atoms with Gasteiger partial charge in [-0.15, -0.1) is 0 Å². The molecule has 8 heteroatoms. The van der Waals surface area contributed by atoms with E-state index in [0.29, 0.717) is 10.6 Å². The van der Waals surface area contributed by atoms with Crippen LogP contribution >= 0.6 is 22.9 Å². The van der Waals surface area contributed by atoms with E-state index in [4.69, 9.17) is 11.6 Å². The lowest BCUT2D eigenvalue weighted by atomic mass is 10.0. The molecule has 1 saturated heterocycles. The van der Waals surface area contributed by atoms with E-state index in [9.17, 15) is 14.9 Å². The monoisotopic (exact) mass is 365 g/mol. The number of carbonyl (C=O) groups is 1. The summed E-state index contributed by atoms with van der Waals surface area (Å²) in [6, 6.07) is 6.47. The summed E-state index contributed by atoms with van der Waals surface area (Å²) in [6.07, 6.45) is 1.62. The van der Waals surface area contributed by atoms with E-state index in [1.54, 1.807) is 6.07 Å². The Morgan fingerprint density at radius 3 is 2.67 bits per heavy atom. The van der Waals surface area contributed by atoms with Gasteiger partial charge in [0, 0.05) is 42.2 Å². The van der Waals surface area contributed by atoms with Crippen LogP contribution in [0.2, 0.25) is 5.02 Å². The first-order valence-electron chi connectivity index (χ1n) is 7.56. The third kappa shape index (κ3) is 3.68. The van der Waals surface area contributed by atoms with Gasteiger partial charge in [0.2, 0.25) is 0 Å². The Morgan fingerprint density at radius 1 is 1.33 bits per heavy atom. The molecule has 2 heterocycles. The Kier molecular flexibility index (Phi) is 5.01. The van der Waals surface area contributed by atoms with Crippen LogP contribution in [0, 0.1) is 10.1 Å². The number of hydrogen-bond acceptors (Lipinski definition) is 5. The van der Waals surface area contributed by atoms with Crippen LogP contribution in [0.5, 0.6) is 0 Å². The maximum Gasteiger partial charge on any atom is 0.271 e. The van der Waals surface area contributed by atoms with Gasteiger partial charge in [-0.2, -0.15) is 11.3 Å². The Bertz CT molecular complexity index is 743. The number of piperidine rings is 1. The molecule has 1 N–H and O–H groups in total. The number of nitro benzene ring substituents is 1. The van der Waals surface area contributed by atoms with E-state index >= 15 is 0 Å². The summed E-state index contributed by atoms with van der Waals surface area (Å²) in [7, 11) is 0. The van der Waals surface area contributed by atoms with Crippen molar-refractivity contribution in [1.29, 1.82) is 0 Å². The Hall–Kier alpha value is -2.12. The van der Waals surface area contributed by atoms with E-state index in [2.05, 4.69) is 10.2 Å². The molecule has 2 aromatic rings. The molecule has 1 amide bonds. The lowest BCUT2D eigenvalue weighted by molar-refractivity contribution is -0.384. The first-order valence-corrected chi connectivity index (χ1v) is 8.88. The predicted molar refractivity (Wildman–Crippen MR) is 95.1 cm³/mol. The van der Waals surface area contributed by atoms with Crippen LogP contribution in [-0.4, -0.2) is 30.0 Å². The quantitative estimate of drug-likeness (QED) is 0.662. The summed E-state index contributed by atoms with van der Waals surface area (Å²) >= 11 is 7.68. The third-order valence-corrected chi connectivity index (χ3v) is 5.08. The fourth-order valence-corrected chi connectivity index (χ4v) is 3.72. The largest absolute Gasteiger partial charge is 0.370 e. The van der Waals surface area contributed by atoms with Crippen molar-refractivity contribution in [1.82, 2.24) is 5.32 Å². The highest BCUT2D eigenvalue weighted by Crippen LogP contribution is 2.31. The van der Waals surface area contributed by atoms with Crippen LogP contribution in [0.4, 0.5) is 11.4 Å². The number of benzene rings is 1. The van der Waals surface area contributed by atoms with Gasteiger partial charge >= 0.3 is 0 Å². The minimum Gasteiger partial charge on any atom is -0.370 e. The number of nitrogens with zero attached hydrogens (tertiary/aromatic N) is 2. The number of hydrogen-bond donors (Lipinski definition) is 1. The summed E-state index contributed by atoms with van der Waals surface area (Å²) in [6.45, 7) is 1.48. The molecule has 1 fully saturated rings. The van der Waals surface area contributed by atoms with Crippen molar-refractivity contribution in [2.75, 3.05) is 18.0 Å². The molecule has 3 rings (SSSR count). The normalized spacial score (nSPS) is 15.3. The molecule has 0 atom stereocenters. The molecule has 1 aromatic carbocycles. The number of nitro groups is 1. The highest BCUT2D eigenvalue weighted by atomic mass is 35.5. The molecule has 0 saturated carbocycles. The van der Waals surface area contributed by atoms with Crippen molar-refractivity contribution in [3.05, 3.63) is 55.7 Å². The van der Waals surface area contributed by atoms with E-state index < -0.39 is 4.92 Å². The van der Waals surface area contributed by atoms with E-state index in [0.717, 1.165) is 31.6 Å². The summed E-state index contributed by atoms with van der Waals surface area (Å²) in [5, 5.41) is 17.9. The van der Waals surface area contributed by atoms with Gasteiger partial charge in [-0.05, 0) is 30.4 Å². The molecule has 0 aliphatic carbocycles. The summed E-state index contributed by atoms with van der Waals surface area (Å²) in [5.74, 6) is -0.0388. The Morgan fingerprint density at radius 2 is 2.08 bits per heavy atom. The van der Waals surface area contributed by atoms with Crippen molar-refractivity contribution in [3.8, 4) is 0 Å². The van der Waals surface area contributed by atoms with E-state index in [1.165, 1.54) is 23.5 Å². The van der Waals surface area contributed by atoms with Crippen LogP contribution in [-0.2, 0) is 0 Å². The first kappa shape index (κ1) is 16.7. The number of amides is 1. The van der Waals surface area contributed by atoms with Crippen molar-refractivity contribution >= 4 is 40.2 Å². The third-order valence-electron chi connectivity index (χ3n) is 4.10. The molecule has 0 spiro atoms. The molecule has 0 bridgehead atoms. The number of rotatable bonds is 4. The highest BCUT2D eigenvalue weighted by Gasteiger charge is 2.23. The topological polar surface area (TPSA) is 75.5 Å². The zero-order chi connectivity index (χ0) is 17.1. The molecule has 1 aliphatic rings. The van der Waals surface area contributed by atoms with Crippen LogP contribution in [0.1, 0.15) is 23.2 Å². The molecular weight excluding hydrogens is 350 g/mol. The van der Waals surface area contributed by atoms with Crippen molar-refractivity contribution < 1.29 is 9.72 Å². The van der Waals surface area contributed by atoms with Crippen LogP contribution < -0.4 is 10.2 Å². The van der Waals surface area contributed by atoms with Gasteiger partial charge in [0.1, 0.15) is 0 Å². The van der Waals surface area contributed by atoms with Gasteiger partial charge in [0.05, 0.1) is 15.6 Å². The fraction of sp³-hybridized carbons (Fsp3) is 0.312. The number of non-ortho nitro benzene ring substituents is 1. The molecule has 0 radical (unpaired) electrons. The lowest BCUT2D eigenvalue weighted by Crippen LogP contribution is -2.44.